The number of amides is 1. The SMILES string of the molecule is CC=CC(=O)Nc1cc(C(=O)O)ccc1Cl. The summed E-state index contributed by atoms with van der Waals surface area (Å²) in [5.74, 6) is -1.43. The van der Waals surface area contributed by atoms with Gasteiger partial charge in [0.05, 0.1) is 16.3 Å². The smallest absolute Gasteiger partial charge is 0.335 e. The van der Waals surface area contributed by atoms with Gasteiger partial charge < -0.3 is 10.4 Å². The van der Waals surface area contributed by atoms with Crippen LogP contribution in [-0.2, 0) is 4.79 Å². The van der Waals surface area contributed by atoms with Gasteiger partial charge in [0.2, 0.25) is 5.91 Å². The van der Waals surface area contributed by atoms with Gasteiger partial charge in [-0.05, 0) is 31.2 Å². The molecule has 0 saturated carbocycles. The van der Waals surface area contributed by atoms with Crippen molar-refractivity contribution >= 4 is 29.2 Å². The number of halogens is 1. The molecule has 5 heteroatoms. The van der Waals surface area contributed by atoms with Gasteiger partial charge in [-0.1, -0.05) is 17.7 Å². The predicted octanol–water partition coefficient (Wildman–Crippen LogP) is 2.55. The number of hydrogen-bond acceptors (Lipinski definition) is 2. The minimum atomic E-state index is -1.07. The van der Waals surface area contributed by atoms with Crippen LogP contribution in [0, 0.1) is 0 Å². The first-order chi connectivity index (χ1) is 7.54. The van der Waals surface area contributed by atoms with Crippen LogP contribution >= 0.6 is 11.6 Å². The van der Waals surface area contributed by atoms with E-state index >= 15 is 0 Å². The molecule has 0 saturated heterocycles. The Morgan fingerprint density at radius 1 is 1.44 bits per heavy atom. The van der Waals surface area contributed by atoms with Gasteiger partial charge in [0, 0.05) is 0 Å². The standard InChI is InChI=1S/C11H10ClNO3/c1-2-3-10(14)13-9-6-7(11(15)16)4-5-8(9)12/h2-6H,1H3,(H,13,14)(H,15,16). The number of hydrogen-bond donors (Lipinski definition) is 2. The molecule has 2 N–H and O–H groups in total. The van der Waals surface area contributed by atoms with E-state index in [1.165, 1.54) is 24.3 Å². The van der Waals surface area contributed by atoms with Crippen molar-refractivity contribution in [2.75, 3.05) is 5.32 Å². The summed E-state index contributed by atoms with van der Waals surface area (Å²) in [6.45, 7) is 1.70. The molecule has 16 heavy (non-hydrogen) atoms. The highest BCUT2D eigenvalue weighted by molar-refractivity contribution is 6.34. The van der Waals surface area contributed by atoms with E-state index in [0.29, 0.717) is 5.02 Å². The first-order valence-corrected chi connectivity index (χ1v) is 4.89. The molecule has 0 radical (unpaired) electrons. The Morgan fingerprint density at radius 2 is 2.12 bits per heavy atom. The van der Waals surface area contributed by atoms with Crippen LogP contribution in [0.5, 0.6) is 0 Å². The Hall–Kier alpha value is -1.81. The third-order valence-corrected chi connectivity index (χ3v) is 2.12. The van der Waals surface area contributed by atoms with Crippen LogP contribution in [0.25, 0.3) is 0 Å². The first kappa shape index (κ1) is 12.3. The second-order valence-electron chi connectivity index (χ2n) is 2.99. The predicted molar refractivity (Wildman–Crippen MR) is 61.9 cm³/mol. The maximum absolute atomic E-state index is 11.2. The Kier molecular flexibility index (Phi) is 4.08. The number of carboxylic acid groups (broad SMARTS) is 1. The van der Waals surface area contributed by atoms with Crippen molar-refractivity contribution in [1.29, 1.82) is 0 Å². The van der Waals surface area contributed by atoms with Crippen LogP contribution in [0.3, 0.4) is 0 Å². The van der Waals surface area contributed by atoms with Gasteiger partial charge in [-0.15, -0.1) is 0 Å². The molecule has 0 heterocycles. The zero-order chi connectivity index (χ0) is 12.1. The molecule has 0 fully saturated rings. The number of carboxylic acids is 1. The second kappa shape index (κ2) is 5.32. The number of carbonyl (C=O) groups excluding carboxylic acids is 1. The van der Waals surface area contributed by atoms with Crippen LogP contribution in [-0.4, -0.2) is 17.0 Å². The van der Waals surface area contributed by atoms with Gasteiger partial charge in [-0.3, -0.25) is 4.79 Å². The van der Waals surface area contributed by atoms with E-state index in [2.05, 4.69) is 5.32 Å². The number of anilines is 1. The van der Waals surface area contributed by atoms with Crippen molar-refractivity contribution < 1.29 is 14.7 Å². The summed E-state index contributed by atoms with van der Waals surface area (Å²) in [5.41, 5.74) is 0.352. The molecule has 1 amide bonds. The number of rotatable bonds is 3. The quantitative estimate of drug-likeness (QED) is 0.797. The third-order valence-electron chi connectivity index (χ3n) is 1.79. The molecular formula is C11H10ClNO3. The number of aromatic carboxylic acids is 1. The van der Waals surface area contributed by atoms with Gasteiger partial charge in [0.25, 0.3) is 0 Å². The summed E-state index contributed by atoms with van der Waals surface area (Å²) < 4.78 is 0. The highest BCUT2D eigenvalue weighted by atomic mass is 35.5. The van der Waals surface area contributed by atoms with Crippen molar-refractivity contribution in [3.05, 3.63) is 40.9 Å². The normalized spacial score (nSPS) is 10.4. The van der Waals surface area contributed by atoms with E-state index < -0.39 is 5.97 Å². The van der Waals surface area contributed by atoms with Gasteiger partial charge in [-0.2, -0.15) is 0 Å². The van der Waals surface area contributed by atoms with Gasteiger partial charge >= 0.3 is 5.97 Å². The molecule has 1 aromatic carbocycles. The lowest BCUT2D eigenvalue weighted by Gasteiger charge is -2.05. The topological polar surface area (TPSA) is 66.4 Å². The molecule has 0 spiro atoms. The van der Waals surface area contributed by atoms with Crippen molar-refractivity contribution in [3.63, 3.8) is 0 Å². The summed E-state index contributed by atoms with van der Waals surface area (Å²) in [7, 11) is 0. The summed E-state index contributed by atoms with van der Waals surface area (Å²) in [5, 5.41) is 11.5. The zero-order valence-corrected chi connectivity index (χ0v) is 9.28. The maximum atomic E-state index is 11.2. The number of carbonyl (C=O) groups is 2. The van der Waals surface area contributed by atoms with E-state index in [1.54, 1.807) is 13.0 Å². The van der Waals surface area contributed by atoms with E-state index in [9.17, 15) is 9.59 Å². The maximum Gasteiger partial charge on any atom is 0.335 e. The molecule has 0 aliphatic heterocycles. The fourth-order valence-corrected chi connectivity index (χ4v) is 1.24. The van der Waals surface area contributed by atoms with Gasteiger partial charge in [0.15, 0.2) is 0 Å². The van der Waals surface area contributed by atoms with Crippen LogP contribution in [0.15, 0.2) is 30.4 Å². The fraction of sp³-hybridized carbons (Fsp3) is 0.0909. The highest BCUT2D eigenvalue weighted by Gasteiger charge is 2.08. The second-order valence-corrected chi connectivity index (χ2v) is 3.40. The molecule has 1 aromatic rings. The van der Waals surface area contributed by atoms with E-state index in [0.717, 1.165) is 0 Å². The average molecular weight is 240 g/mol. The molecule has 4 nitrogen and oxygen atoms in total. The lowest BCUT2D eigenvalue weighted by atomic mass is 10.2. The summed E-state index contributed by atoms with van der Waals surface area (Å²) >= 11 is 5.81. The van der Waals surface area contributed by atoms with Crippen molar-refractivity contribution in [1.82, 2.24) is 0 Å². The minimum absolute atomic E-state index is 0.0696. The molecule has 0 aliphatic carbocycles. The summed E-state index contributed by atoms with van der Waals surface area (Å²) in [4.78, 5) is 21.9. The molecule has 0 aliphatic rings. The average Bonchev–Trinajstić information content (AvgIpc) is 2.21. The van der Waals surface area contributed by atoms with Crippen molar-refractivity contribution in [2.24, 2.45) is 0 Å². The molecule has 0 unspecified atom stereocenters. The van der Waals surface area contributed by atoms with Crippen molar-refractivity contribution in [3.8, 4) is 0 Å². The number of allylic oxidation sites excluding steroid dienone is 1. The summed E-state index contributed by atoms with van der Waals surface area (Å²) in [6, 6.07) is 4.11. The monoisotopic (exact) mass is 239 g/mol. The molecular weight excluding hydrogens is 230 g/mol. The van der Waals surface area contributed by atoms with Crippen LogP contribution in [0.1, 0.15) is 17.3 Å². The largest absolute Gasteiger partial charge is 0.478 e. The Morgan fingerprint density at radius 3 is 2.69 bits per heavy atom. The van der Waals surface area contributed by atoms with Crippen LogP contribution in [0.2, 0.25) is 5.02 Å². The van der Waals surface area contributed by atoms with Gasteiger partial charge in [-0.25, -0.2) is 4.79 Å². The lowest BCUT2D eigenvalue weighted by Crippen LogP contribution is -2.09. The van der Waals surface area contributed by atoms with Gasteiger partial charge in [0.1, 0.15) is 0 Å². The number of nitrogens with one attached hydrogen (secondary N) is 1. The molecule has 0 atom stereocenters. The third kappa shape index (κ3) is 3.10. The lowest BCUT2D eigenvalue weighted by molar-refractivity contribution is -0.111. The van der Waals surface area contributed by atoms with E-state index in [1.807, 2.05) is 0 Å². The Bertz CT molecular complexity index is 455. The molecule has 84 valence electrons. The molecule has 0 aromatic heterocycles. The number of benzene rings is 1. The van der Waals surface area contributed by atoms with Crippen LogP contribution in [0.4, 0.5) is 5.69 Å². The fourth-order valence-electron chi connectivity index (χ4n) is 1.08. The summed E-state index contributed by atoms with van der Waals surface area (Å²) in [6.07, 6.45) is 2.90. The molecule has 1 rings (SSSR count). The molecule has 0 bridgehead atoms. The Balaban J connectivity index is 2.98. The van der Waals surface area contributed by atoms with Crippen LogP contribution < -0.4 is 5.32 Å². The first-order valence-electron chi connectivity index (χ1n) is 4.51. The zero-order valence-electron chi connectivity index (χ0n) is 8.53. The minimum Gasteiger partial charge on any atom is -0.478 e. The van der Waals surface area contributed by atoms with Crippen molar-refractivity contribution in [2.45, 2.75) is 6.92 Å². The van der Waals surface area contributed by atoms with E-state index in [-0.39, 0.29) is 17.2 Å². The van der Waals surface area contributed by atoms with E-state index in [4.69, 9.17) is 16.7 Å². The Labute approximate surface area is 97.5 Å². The highest BCUT2D eigenvalue weighted by Crippen LogP contribution is 2.23.